The van der Waals surface area contributed by atoms with Gasteiger partial charge in [-0.25, -0.2) is 4.98 Å². The van der Waals surface area contributed by atoms with E-state index < -0.39 is 0 Å². The molecule has 3 nitrogen and oxygen atoms in total. The first kappa shape index (κ1) is 13.6. The summed E-state index contributed by atoms with van der Waals surface area (Å²) in [5, 5.41) is 0.732. The van der Waals surface area contributed by atoms with E-state index >= 15 is 0 Å². The molecule has 0 radical (unpaired) electrons. The Kier molecular flexibility index (Phi) is 4.46. The first-order valence-electron chi connectivity index (χ1n) is 6.73. The predicted molar refractivity (Wildman–Crippen MR) is 77.0 cm³/mol. The molecule has 2 rings (SSSR count). The Morgan fingerprint density at radius 1 is 1.50 bits per heavy atom. The van der Waals surface area contributed by atoms with Crippen LogP contribution in [-0.2, 0) is 6.54 Å². The lowest BCUT2D eigenvalue weighted by Crippen LogP contribution is -2.29. The van der Waals surface area contributed by atoms with E-state index in [0.717, 1.165) is 22.9 Å². The molecule has 1 aromatic rings. The highest BCUT2D eigenvalue weighted by molar-refractivity contribution is 6.33. The molecule has 100 valence electrons. The van der Waals surface area contributed by atoms with Gasteiger partial charge >= 0.3 is 0 Å². The highest BCUT2D eigenvalue weighted by Gasteiger charge is 2.31. The van der Waals surface area contributed by atoms with Crippen LogP contribution in [0.5, 0.6) is 0 Å². The molecule has 0 saturated heterocycles. The number of hydrogen-bond acceptors (Lipinski definition) is 3. The molecular weight excluding hydrogens is 246 g/mol. The van der Waals surface area contributed by atoms with Crippen molar-refractivity contribution in [2.24, 2.45) is 11.7 Å². The minimum atomic E-state index is 0.469. The van der Waals surface area contributed by atoms with E-state index in [1.165, 1.54) is 19.3 Å². The van der Waals surface area contributed by atoms with Crippen molar-refractivity contribution in [3.05, 3.63) is 22.8 Å². The van der Waals surface area contributed by atoms with Crippen LogP contribution >= 0.6 is 11.6 Å². The van der Waals surface area contributed by atoms with Crippen molar-refractivity contribution >= 4 is 17.4 Å². The molecule has 2 N–H and O–H groups in total. The molecule has 4 heteroatoms. The number of nitrogens with two attached hydrogens (primary N) is 1. The van der Waals surface area contributed by atoms with Crippen LogP contribution in [0.25, 0.3) is 0 Å². The SMILES string of the molecule is CC(C)CCN(c1nccc(CN)c1Cl)C1CC1. The third kappa shape index (κ3) is 3.15. The molecule has 0 bridgehead atoms. The maximum absolute atomic E-state index is 6.41. The van der Waals surface area contributed by atoms with Crippen molar-refractivity contribution in [3.8, 4) is 0 Å². The van der Waals surface area contributed by atoms with E-state index in [4.69, 9.17) is 17.3 Å². The maximum atomic E-state index is 6.41. The Balaban J connectivity index is 2.19. The summed E-state index contributed by atoms with van der Waals surface area (Å²) < 4.78 is 0. The Morgan fingerprint density at radius 2 is 2.22 bits per heavy atom. The Hall–Kier alpha value is -0.800. The lowest BCUT2D eigenvalue weighted by Gasteiger charge is -2.26. The van der Waals surface area contributed by atoms with Crippen molar-refractivity contribution in [1.29, 1.82) is 0 Å². The van der Waals surface area contributed by atoms with Gasteiger partial charge in [-0.3, -0.25) is 0 Å². The van der Waals surface area contributed by atoms with E-state index in [0.29, 0.717) is 18.5 Å². The number of nitrogens with zero attached hydrogens (tertiary/aromatic N) is 2. The average molecular weight is 268 g/mol. The van der Waals surface area contributed by atoms with E-state index in [9.17, 15) is 0 Å². The van der Waals surface area contributed by atoms with Gasteiger partial charge in [0.2, 0.25) is 0 Å². The lowest BCUT2D eigenvalue weighted by molar-refractivity contribution is 0.568. The second kappa shape index (κ2) is 5.89. The van der Waals surface area contributed by atoms with Crippen molar-refractivity contribution in [1.82, 2.24) is 4.98 Å². The van der Waals surface area contributed by atoms with Crippen LogP contribution in [0.4, 0.5) is 5.82 Å². The molecule has 1 aromatic heterocycles. The van der Waals surface area contributed by atoms with Gasteiger partial charge in [-0.05, 0) is 36.8 Å². The molecule has 0 unspecified atom stereocenters. The molecule has 0 atom stereocenters. The van der Waals surface area contributed by atoms with Crippen LogP contribution in [0.2, 0.25) is 5.02 Å². The average Bonchev–Trinajstić information content (AvgIpc) is 3.15. The Labute approximate surface area is 114 Å². The molecule has 0 aliphatic heterocycles. The summed E-state index contributed by atoms with van der Waals surface area (Å²) >= 11 is 6.41. The second-order valence-corrected chi connectivity index (χ2v) is 5.80. The zero-order valence-electron chi connectivity index (χ0n) is 11.2. The topological polar surface area (TPSA) is 42.2 Å². The molecule has 0 aromatic carbocycles. The van der Waals surface area contributed by atoms with Crippen LogP contribution in [0, 0.1) is 5.92 Å². The van der Waals surface area contributed by atoms with Crippen molar-refractivity contribution in [2.45, 2.75) is 45.7 Å². The largest absolute Gasteiger partial charge is 0.352 e. The summed E-state index contributed by atoms with van der Waals surface area (Å²) in [7, 11) is 0. The maximum Gasteiger partial charge on any atom is 0.147 e. The third-order valence-corrected chi connectivity index (χ3v) is 3.79. The highest BCUT2D eigenvalue weighted by Crippen LogP contribution is 2.35. The molecule has 1 saturated carbocycles. The van der Waals surface area contributed by atoms with Gasteiger partial charge in [-0.2, -0.15) is 0 Å². The molecule has 1 heterocycles. The molecule has 0 amide bonds. The second-order valence-electron chi connectivity index (χ2n) is 5.42. The summed E-state index contributed by atoms with van der Waals surface area (Å²) in [6.07, 6.45) is 5.49. The van der Waals surface area contributed by atoms with E-state index in [1.807, 2.05) is 12.3 Å². The van der Waals surface area contributed by atoms with Gasteiger partial charge in [0, 0.05) is 25.3 Å². The number of pyridine rings is 1. The molecule has 1 aliphatic rings. The van der Waals surface area contributed by atoms with Gasteiger partial charge in [-0.15, -0.1) is 0 Å². The van der Waals surface area contributed by atoms with Gasteiger partial charge in [0.1, 0.15) is 5.82 Å². The van der Waals surface area contributed by atoms with Gasteiger partial charge in [0.25, 0.3) is 0 Å². The first-order chi connectivity index (χ1) is 8.63. The number of hydrogen-bond donors (Lipinski definition) is 1. The number of aromatic nitrogens is 1. The molecule has 0 spiro atoms. The summed E-state index contributed by atoms with van der Waals surface area (Å²) in [4.78, 5) is 6.83. The fourth-order valence-electron chi connectivity index (χ4n) is 2.07. The molecule has 1 fully saturated rings. The predicted octanol–water partition coefficient (Wildman–Crippen LogP) is 3.21. The third-order valence-electron chi connectivity index (χ3n) is 3.38. The van der Waals surface area contributed by atoms with Crippen LogP contribution in [0.1, 0.15) is 38.7 Å². The van der Waals surface area contributed by atoms with Crippen LogP contribution < -0.4 is 10.6 Å². The van der Waals surface area contributed by atoms with Crippen molar-refractivity contribution in [3.63, 3.8) is 0 Å². The summed E-state index contributed by atoms with van der Waals surface area (Å²) in [6, 6.07) is 2.53. The minimum Gasteiger partial charge on any atom is -0.352 e. The van der Waals surface area contributed by atoms with Gasteiger partial charge in [-0.1, -0.05) is 25.4 Å². The summed E-state index contributed by atoms with van der Waals surface area (Å²) in [5.74, 6) is 1.62. The van der Waals surface area contributed by atoms with E-state index in [2.05, 4.69) is 23.7 Å². The quantitative estimate of drug-likeness (QED) is 0.861. The number of rotatable bonds is 6. The minimum absolute atomic E-state index is 0.469. The molecule has 18 heavy (non-hydrogen) atoms. The van der Waals surface area contributed by atoms with Gasteiger partial charge < -0.3 is 10.6 Å². The van der Waals surface area contributed by atoms with Crippen LogP contribution in [0.3, 0.4) is 0 Å². The normalized spacial score (nSPS) is 15.2. The highest BCUT2D eigenvalue weighted by atomic mass is 35.5. The fraction of sp³-hybridized carbons (Fsp3) is 0.643. The Morgan fingerprint density at radius 3 is 2.78 bits per heavy atom. The van der Waals surface area contributed by atoms with Crippen molar-refractivity contribution in [2.75, 3.05) is 11.4 Å². The smallest absolute Gasteiger partial charge is 0.147 e. The summed E-state index contributed by atoms with van der Waals surface area (Å²) in [6.45, 7) is 5.99. The monoisotopic (exact) mass is 267 g/mol. The number of halogens is 1. The van der Waals surface area contributed by atoms with E-state index in [1.54, 1.807) is 0 Å². The van der Waals surface area contributed by atoms with Gasteiger partial charge in [0.15, 0.2) is 0 Å². The standard InChI is InChI=1S/C14H22ClN3/c1-10(2)6-8-18(12-3-4-12)14-13(15)11(9-16)5-7-17-14/h5,7,10,12H,3-4,6,8-9,16H2,1-2H3. The van der Waals surface area contributed by atoms with Crippen LogP contribution in [0.15, 0.2) is 12.3 Å². The number of anilines is 1. The zero-order chi connectivity index (χ0) is 13.1. The first-order valence-corrected chi connectivity index (χ1v) is 7.11. The molecule has 1 aliphatic carbocycles. The van der Waals surface area contributed by atoms with Gasteiger partial charge in [0.05, 0.1) is 5.02 Å². The molecular formula is C14H22ClN3. The lowest BCUT2D eigenvalue weighted by atomic mass is 10.1. The van der Waals surface area contributed by atoms with Crippen molar-refractivity contribution < 1.29 is 0 Å². The van der Waals surface area contributed by atoms with E-state index in [-0.39, 0.29) is 0 Å². The fourth-order valence-corrected chi connectivity index (χ4v) is 2.37. The van der Waals surface area contributed by atoms with Crippen LogP contribution in [-0.4, -0.2) is 17.6 Å². The zero-order valence-corrected chi connectivity index (χ0v) is 12.0. The summed E-state index contributed by atoms with van der Waals surface area (Å²) in [5.41, 5.74) is 6.69. The Bertz CT molecular complexity index is 402.